The molecule has 0 unspecified atom stereocenters. The van der Waals surface area contributed by atoms with Gasteiger partial charge in [-0.15, -0.1) is 0 Å². The summed E-state index contributed by atoms with van der Waals surface area (Å²) in [6.07, 6.45) is 0. The van der Waals surface area contributed by atoms with E-state index in [0.29, 0.717) is 17.3 Å². The van der Waals surface area contributed by atoms with Gasteiger partial charge in [-0.25, -0.2) is 4.68 Å². The molecular weight excluding hydrogens is 372 g/mol. The molecule has 0 atom stereocenters. The number of nitrogens with one attached hydrogen (secondary N) is 1. The minimum Gasteiger partial charge on any atom is -0.370 e. The molecule has 1 N–H and O–H groups in total. The summed E-state index contributed by atoms with van der Waals surface area (Å²) >= 11 is 1.99. The van der Waals surface area contributed by atoms with Crippen LogP contribution in [-0.4, -0.2) is 40.3 Å². The number of fused-ring (bicyclic) bond motifs is 1. The highest BCUT2D eigenvalue weighted by atomic mass is 32.2. The van der Waals surface area contributed by atoms with Gasteiger partial charge < -0.3 is 10.2 Å². The van der Waals surface area contributed by atoms with E-state index in [4.69, 9.17) is 0 Å². The zero-order valence-electron chi connectivity index (χ0n) is 15.7. The van der Waals surface area contributed by atoms with Crippen molar-refractivity contribution in [2.45, 2.75) is 6.54 Å². The van der Waals surface area contributed by atoms with Crippen LogP contribution in [0.3, 0.4) is 0 Å². The predicted molar refractivity (Wildman–Crippen MR) is 114 cm³/mol. The maximum Gasteiger partial charge on any atom is 0.274 e. The van der Waals surface area contributed by atoms with Crippen molar-refractivity contribution >= 4 is 34.1 Å². The Morgan fingerprint density at radius 2 is 1.75 bits per heavy atom. The van der Waals surface area contributed by atoms with Crippen molar-refractivity contribution in [2.75, 3.05) is 29.5 Å². The maximum absolute atomic E-state index is 12.7. The van der Waals surface area contributed by atoms with Crippen LogP contribution in [0, 0.1) is 0 Å². The molecule has 1 aliphatic rings. The number of nitrogens with zero attached hydrogens (tertiary/aromatic N) is 3. The molecule has 1 saturated heterocycles. The molecular formula is C21H22N4O2S. The summed E-state index contributed by atoms with van der Waals surface area (Å²) in [6, 6.07) is 15.4. The summed E-state index contributed by atoms with van der Waals surface area (Å²) in [5, 5.41) is 8.16. The van der Waals surface area contributed by atoms with E-state index < -0.39 is 0 Å². The molecule has 0 spiro atoms. The number of hydrogen-bond acceptors (Lipinski definition) is 5. The molecule has 7 heteroatoms. The molecule has 144 valence electrons. The van der Waals surface area contributed by atoms with Gasteiger partial charge in [0.15, 0.2) is 5.69 Å². The number of hydrogen-bond donors (Lipinski definition) is 1. The Balaban J connectivity index is 1.48. The Bertz CT molecular complexity index is 1060. The third kappa shape index (κ3) is 3.75. The Labute approximate surface area is 167 Å². The molecule has 2 aromatic carbocycles. The van der Waals surface area contributed by atoms with Crippen LogP contribution in [-0.2, 0) is 13.6 Å². The van der Waals surface area contributed by atoms with Crippen molar-refractivity contribution in [1.82, 2.24) is 15.1 Å². The van der Waals surface area contributed by atoms with Crippen LogP contribution in [0.15, 0.2) is 53.3 Å². The average molecular weight is 395 g/mol. The maximum atomic E-state index is 12.7. The van der Waals surface area contributed by atoms with E-state index in [2.05, 4.69) is 27.4 Å². The van der Waals surface area contributed by atoms with Crippen LogP contribution in [0.4, 0.5) is 5.69 Å². The van der Waals surface area contributed by atoms with E-state index in [-0.39, 0.29) is 17.2 Å². The standard InChI is InChI=1S/C21H22N4O2S/c1-24-21(27)18-5-3-2-4-17(18)19(23-24)20(26)22-14-15-6-8-16(9-7-15)25-10-12-28-13-11-25/h2-9H,10-14H2,1H3,(H,22,26). The topological polar surface area (TPSA) is 67.2 Å². The van der Waals surface area contributed by atoms with Crippen LogP contribution >= 0.6 is 11.8 Å². The second kappa shape index (κ2) is 8.06. The molecule has 0 saturated carbocycles. The summed E-state index contributed by atoms with van der Waals surface area (Å²) in [5.74, 6) is 2.04. The van der Waals surface area contributed by atoms with E-state index in [1.54, 1.807) is 31.3 Å². The number of aromatic nitrogens is 2. The molecule has 3 aromatic rings. The normalized spacial score (nSPS) is 14.2. The van der Waals surface area contributed by atoms with E-state index >= 15 is 0 Å². The first kappa shape index (κ1) is 18.6. The molecule has 1 amide bonds. The highest BCUT2D eigenvalue weighted by Gasteiger charge is 2.15. The van der Waals surface area contributed by atoms with Crippen LogP contribution in [0.5, 0.6) is 0 Å². The smallest absolute Gasteiger partial charge is 0.274 e. The molecule has 1 aliphatic heterocycles. The number of thioether (sulfide) groups is 1. The number of carbonyl (C=O) groups excluding carboxylic acids is 1. The predicted octanol–water partition coefficient (Wildman–Crippen LogP) is 2.42. The summed E-state index contributed by atoms with van der Waals surface area (Å²) in [6.45, 7) is 2.56. The highest BCUT2D eigenvalue weighted by molar-refractivity contribution is 7.99. The molecule has 0 aliphatic carbocycles. The van der Waals surface area contributed by atoms with Gasteiger partial charge in [0.05, 0.1) is 5.39 Å². The number of amides is 1. The van der Waals surface area contributed by atoms with Gasteiger partial charge in [-0.3, -0.25) is 9.59 Å². The molecule has 6 nitrogen and oxygen atoms in total. The van der Waals surface area contributed by atoms with Crippen molar-refractivity contribution in [1.29, 1.82) is 0 Å². The fourth-order valence-corrected chi connectivity index (χ4v) is 4.28. The largest absolute Gasteiger partial charge is 0.370 e. The third-order valence-corrected chi connectivity index (χ3v) is 5.88. The Morgan fingerprint density at radius 1 is 1.07 bits per heavy atom. The van der Waals surface area contributed by atoms with E-state index in [1.807, 2.05) is 23.9 Å². The quantitative estimate of drug-likeness (QED) is 0.736. The van der Waals surface area contributed by atoms with Gasteiger partial charge in [-0.2, -0.15) is 16.9 Å². The SMILES string of the molecule is Cn1nc(C(=O)NCc2ccc(N3CCSCC3)cc2)c2ccccc2c1=O. The Hall–Kier alpha value is -2.80. The lowest BCUT2D eigenvalue weighted by atomic mass is 10.1. The number of anilines is 1. The van der Waals surface area contributed by atoms with Crippen molar-refractivity contribution < 1.29 is 4.79 Å². The molecule has 28 heavy (non-hydrogen) atoms. The average Bonchev–Trinajstić information content (AvgIpc) is 2.75. The summed E-state index contributed by atoms with van der Waals surface area (Å²) in [5.41, 5.74) is 2.30. The van der Waals surface area contributed by atoms with Crippen LogP contribution in [0.2, 0.25) is 0 Å². The van der Waals surface area contributed by atoms with E-state index in [1.165, 1.54) is 21.9 Å². The van der Waals surface area contributed by atoms with Gasteiger partial charge in [0.2, 0.25) is 0 Å². The molecule has 4 rings (SSSR count). The van der Waals surface area contributed by atoms with Crippen molar-refractivity contribution in [2.24, 2.45) is 7.05 Å². The fraction of sp³-hybridized carbons (Fsp3) is 0.286. The summed E-state index contributed by atoms with van der Waals surface area (Å²) in [7, 11) is 1.56. The number of rotatable bonds is 4. The molecule has 1 fully saturated rings. The molecule has 1 aromatic heterocycles. The highest BCUT2D eigenvalue weighted by Crippen LogP contribution is 2.20. The van der Waals surface area contributed by atoms with Crippen molar-refractivity contribution in [3.63, 3.8) is 0 Å². The zero-order chi connectivity index (χ0) is 19.5. The molecule has 2 heterocycles. The van der Waals surface area contributed by atoms with Gasteiger partial charge in [0.1, 0.15) is 0 Å². The second-order valence-electron chi connectivity index (χ2n) is 6.77. The minimum atomic E-state index is -0.288. The second-order valence-corrected chi connectivity index (χ2v) is 8.00. The number of aryl methyl sites for hydroxylation is 1. The summed E-state index contributed by atoms with van der Waals surface area (Å²) in [4.78, 5) is 27.3. The number of benzene rings is 2. The monoisotopic (exact) mass is 394 g/mol. The minimum absolute atomic E-state index is 0.209. The van der Waals surface area contributed by atoms with Gasteiger partial charge in [0, 0.05) is 49.3 Å². The first-order valence-electron chi connectivity index (χ1n) is 9.29. The van der Waals surface area contributed by atoms with Gasteiger partial charge in [-0.1, -0.05) is 30.3 Å². The Morgan fingerprint density at radius 3 is 2.46 bits per heavy atom. The lowest BCUT2D eigenvalue weighted by molar-refractivity contribution is 0.0945. The lowest BCUT2D eigenvalue weighted by Crippen LogP contribution is -2.32. The van der Waals surface area contributed by atoms with Crippen LogP contribution in [0.25, 0.3) is 10.8 Å². The van der Waals surface area contributed by atoms with Crippen molar-refractivity contribution in [3.05, 3.63) is 70.1 Å². The van der Waals surface area contributed by atoms with E-state index in [0.717, 1.165) is 18.7 Å². The van der Waals surface area contributed by atoms with Crippen LogP contribution < -0.4 is 15.8 Å². The zero-order valence-corrected chi connectivity index (χ0v) is 16.5. The fourth-order valence-electron chi connectivity index (χ4n) is 3.38. The number of carbonyl (C=O) groups is 1. The molecule has 0 radical (unpaired) electrons. The summed E-state index contributed by atoms with van der Waals surface area (Å²) < 4.78 is 1.21. The lowest BCUT2D eigenvalue weighted by Gasteiger charge is -2.28. The molecule has 0 bridgehead atoms. The first-order valence-corrected chi connectivity index (χ1v) is 10.4. The first-order chi connectivity index (χ1) is 13.6. The van der Waals surface area contributed by atoms with E-state index in [9.17, 15) is 9.59 Å². The van der Waals surface area contributed by atoms with Gasteiger partial charge in [-0.05, 0) is 23.8 Å². The van der Waals surface area contributed by atoms with Crippen molar-refractivity contribution in [3.8, 4) is 0 Å². The third-order valence-electron chi connectivity index (χ3n) is 4.94. The van der Waals surface area contributed by atoms with Gasteiger partial charge >= 0.3 is 0 Å². The van der Waals surface area contributed by atoms with Crippen LogP contribution in [0.1, 0.15) is 16.1 Å². The Kier molecular flexibility index (Phi) is 5.34. The van der Waals surface area contributed by atoms with Gasteiger partial charge in [0.25, 0.3) is 11.5 Å².